The number of anilines is 1. The minimum atomic E-state index is -1.04. The molecule has 0 aliphatic carbocycles. The van der Waals surface area contributed by atoms with Crippen molar-refractivity contribution in [1.29, 1.82) is 0 Å². The van der Waals surface area contributed by atoms with Crippen LogP contribution in [0.25, 0.3) is 22.2 Å². The molecule has 0 saturated carbocycles. The van der Waals surface area contributed by atoms with E-state index >= 15 is 0 Å². The van der Waals surface area contributed by atoms with E-state index in [1.807, 2.05) is 32.0 Å². The highest BCUT2D eigenvalue weighted by Crippen LogP contribution is 2.39. The predicted molar refractivity (Wildman–Crippen MR) is 127 cm³/mol. The van der Waals surface area contributed by atoms with Crippen molar-refractivity contribution in [2.75, 3.05) is 24.7 Å². The molecule has 2 aliphatic heterocycles. The van der Waals surface area contributed by atoms with Crippen LogP contribution in [0, 0.1) is 25.5 Å². The van der Waals surface area contributed by atoms with E-state index in [1.54, 1.807) is 0 Å². The molecule has 8 nitrogen and oxygen atoms in total. The largest absolute Gasteiger partial charge is 0.449 e. The molecule has 2 aliphatic rings. The SMILES string of the molecule is Cc1noc(C)c1-c1ccc2c(c1)nc(C1CCOC(=O)N1c1ccc(F)c(F)c1)n2[C@@H]1CCOC1. The second kappa shape index (κ2) is 8.70. The van der Waals surface area contributed by atoms with Crippen LogP contribution in [0.4, 0.5) is 19.3 Å². The van der Waals surface area contributed by atoms with Crippen molar-refractivity contribution in [3.8, 4) is 11.1 Å². The molecular formula is C26H24F2N4O4. The highest BCUT2D eigenvalue weighted by atomic mass is 19.2. The third kappa shape index (κ3) is 3.63. The van der Waals surface area contributed by atoms with Gasteiger partial charge in [0.1, 0.15) is 17.6 Å². The van der Waals surface area contributed by atoms with Crippen LogP contribution < -0.4 is 4.90 Å². The van der Waals surface area contributed by atoms with Crippen molar-refractivity contribution in [1.82, 2.24) is 14.7 Å². The van der Waals surface area contributed by atoms with Gasteiger partial charge in [-0.2, -0.15) is 0 Å². The van der Waals surface area contributed by atoms with Gasteiger partial charge in [0, 0.05) is 24.7 Å². The third-order valence-electron chi connectivity index (χ3n) is 6.91. The number of aryl methyl sites for hydroxylation is 2. The molecular weight excluding hydrogens is 470 g/mol. The molecule has 6 rings (SSSR count). The molecule has 1 amide bonds. The summed E-state index contributed by atoms with van der Waals surface area (Å²) in [5.74, 6) is -0.651. The van der Waals surface area contributed by atoms with Gasteiger partial charge in [0.2, 0.25) is 0 Å². The summed E-state index contributed by atoms with van der Waals surface area (Å²) in [6, 6.07) is 8.89. The number of benzene rings is 2. The molecule has 2 saturated heterocycles. The molecule has 0 radical (unpaired) electrons. The summed E-state index contributed by atoms with van der Waals surface area (Å²) in [7, 11) is 0. The van der Waals surface area contributed by atoms with Gasteiger partial charge in [0.15, 0.2) is 11.6 Å². The number of hydrogen-bond acceptors (Lipinski definition) is 6. The number of fused-ring (bicyclic) bond motifs is 1. The van der Waals surface area contributed by atoms with Gasteiger partial charge in [-0.1, -0.05) is 11.2 Å². The van der Waals surface area contributed by atoms with E-state index in [1.165, 1.54) is 11.0 Å². The average molecular weight is 494 g/mol. The average Bonchev–Trinajstić information content (AvgIpc) is 3.59. The minimum Gasteiger partial charge on any atom is -0.449 e. The molecule has 2 aromatic carbocycles. The molecule has 10 heteroatoms. The molecule has 2 aromatic heterocycles. The monoisotopic (exact) mass is 494 g/mol. The Hall–Kier alpha value is -3.79. The second-order valence-electron chi connectivity index (χ2n) is 9.15. The number of amides is 1. The zero-order valence-corrected chi connectivity index (χ0v) is 19.8. The zero-order chi connectivity index (χ0) is 25.0. The van der Waals surface area contributed by atoms with Gasteiger partial charge >= 0.3 is 6.09 Å². The van der Waals surface area contributed by atoms with Gasteiger partial charge in [-0.3, -0.25) is 4.90 Å². The molecule has 4 aromatic rings. The fraction of sp³-hybridized carbons (Fsp3) is 0.346. The minimum absolute atomic E-state index is 0.0275. The lowest BCUT2D eigenvalue weighted by molar-refractivity contribution is 0.127. The maximum Gasteiger partial charge on any atom is 0.414 e. The first-order valence-corrected chi connectivity index (χ1v) is 11.9. The van der Waals surface area contributed by atoms with Crippen LogP contribution in [0.5, 0.6) is 0 Å². The number of ether oxygens (including phenoxy) is 2. The number of hydrogen-bond donors (Lipinski definition) is 0. The number of nitrogens with zero attached hydrogens (tertiary/aromatic N) is 4. The lowest BCUT2D eigenvalue weighted by Gasteiger charge is -2.35. The molecule has 1 unspecified atom stereocenters. The van der Waals surface area contributed by atoms with Crippen LogP contribution >= 0.6 is 0 Å². The first-order valence-electron chi connectivity index (χ1n) is 11.9. The summed E-state index contributed by atoms with van der Waals surface area (Å²) in [5.41, 5.74) is 4.50. The van der Waals surface area contributed by atoms with E-state index < -0.39 is 23.8 Å². The summed E-state index contributed by atoms with van der Waals surface area (Å²) in [4.78, 5) is 19.3. The Balaban J connectivity index is 1.52. The van der Waals surface area contributed by atoms with Crippen molar-refractivity contribution in [2.24, 2.45) is 0 Å². The van der Waals surface area contributed by atoms with Crippen molar-refractivity contribution in [2.45, 2.75) is 38.8 Å². The normalized spacial score (nSPS) is 20.3. The Bertz CT molecular complexity index is 1450. The Labute approximate surface area is 205 Å². The number of halogens is 2. The van der Waals surface area contributed by atoms with Crippen molar-refractivity contribution in [3.05, 3.63) is 65.3 Å². The fourth-order valence-corrected chi connectivity index (χ4v) is 5.26. The van der Waals surface area contributed by atoms with E-state index in [2.05, 4.69) is 9.72 Å². The number of imidazole rings is 1. The quantitative estimate of drug-likeness (QED) is 0.365. The van der Waals surface area contributed by atoms with Gasteiger partial charge < -0.3 is 18.6 Å². The van der Waals surface area contributed by atoms with E-state index in [-0.39, 0.29) is 18.3 Å². The van der Waals surface area contributed by atoms with Gasteiger partial charge in [-0.15, -0.1) is 0 Å². The highest BCUT2D eigenvalue weighted by molar-refractivity contribution is 5.90. The second-order valence-corrected chi connectivity index (χ2v) is 9.15. The Kier molecular flexibility index (Phi) is 5.48. The van der Waals surface area contributed by atoms with Crippen LogP contribution in [-0.2, 0) is 9.47 Å². The number of carbonyl (C=O) groups is 1. The number of aromatic nitrogens is 3. The van der Waals surface area contributed by atoms with Crippen molar-refractivity contribution >= 4 is 22.8 Å². The lowest BCUT2D eigenvalue weighted by atomic mass is 10.0. The maximum absolute atomic E-state index is 14.1. The third-order valence-corrected chi connectivity index (χ3v) is 6.91. The molecule has 0 bridgehead atoms. The van der Waals surface area contributed by atoms with Gasteiger partial charge in [-0.05, 0) is 50.1 Å². The first-order chi connectivity index (χ1) is 17.4. The van der Waals surface area contributed by atoms with E-state index in [0.29, 0.717) is 25.5 Å². The summed E-state index contributed by atoms with van der Waals surface area (Å²) < 4.78 is 46.2. The Morgan fingerprint density at radius 1 is 1.03 bits per heavy atom. The van der Waals surface area contributed by atoms with Crippen LogP contribution in [0.1, 0.15) is 42.2 Å². The first kappa shape index (κ1) is 22.7. The van der Waals surface area contributed by atoms with E-state index in [4.69, 9.17) is 19.0 Å². The fourth-order valence-electron chi connectivity index (χ4n) is 5.26. The highest BCUT2D eigenvalue weighted by Gasteiger charge is 2.37. The summed E-state index contributed by atoms with van der Waals surface area (Å²) in [6.45, 7) is 5.10. The van der Waals surface area contributed by atoms with Gasteiger partial charge in [0.25, 0.3) is 0 Å². The molecule has 2 fully saturated rings. The zero-order valence-electron chi connectivity index (χ0n) is 19.8. The van der Waals surface area contributed by atoms with Crippen molar-refractivity contribution < 1.29 is 27.6 Å². The van der Waals surface area contributed by atoms with Gasteiger partial charge in [0.05, 0.1) is 41.7 Å². The number of rotatable bonds is 4. The van der Waals surface area contributed by atoms with E-state index in [9.17, 15) is 13.6 Å². The van der Waals surface area contributed by atoms with Crippen molar-refractivity contribution in [3.63, 3.8) is 0 Å². The van der Waals surface area contributed by atoms with Crippen LogP contribution in [0.2, 0.25) is 0 Å². The molecule has 0 N–H and O–H groups in total. The van der Waals surface area contributed by atoms with Gasteiger partial charge in [-0.25, -0.2) is 18.6 Å². The number of cyclic esters (lactones) is 1. The summed E-state index contributed by atoms with van der Waals surface area (Å²) in [5, 5.41) is 4.06. The molecule has 4 heterocycles. The lowest BCUT2D eigenvalue weighted by Crippen LogP contribution is -2.42. The molecule has 36 heavy (non-hydrogen) atoms. The Morgan fingerprint density at radius 3 is 2.61 bits per heavy atom. The topological polar surface area (TPSA) is 82.6 Å². The molecule has 186 valence electrons. The van der Waals surface area contributed by atoms with E-state index in [0.717, 1.165) is 52.2 Å². The Morgan fingerprint density at radius 2 is 1.89 bits per heavy atom. The standard InChI is InChI=1S/C26H24F2N4O4/c1-14-24(15(2)36-30-14)16-3-6-22-21(11-16)29-25(31(22)18-7-9-34-13-18)23-8-10-35-26(33)32(23)17-4-5-19(27)20(28)12-17/h3-6,11-12,18,23H,7-10,13H2,1-2H3/t18-,23?/m1/s1. The summed E-state index contributed by atoms with van der Waals surface area (Å²) in [6.07, 6.45) is 0.611. The maximum atomic E-state index is 14.1. The molecule has 2 atom stereocenters. The van der Waals surface area contributed by atoms with Crippen LogP contribution in [-0.4, -0.2) is 40.6 Å². The predicted octanol–water partition coefficient (Wildman–Crippen LogP) is 5.64. The van der Waals surface area contributed by atoms with Crippen LogP contribution in [0.3, 0.4) is 0 Å². The smallest absolute Gasteiger partial charge is 0.414 e. The van der Waals surface area contributed by atoms with Crippen LogP contribution in [0.15, 0.2) is 40.9 Å². The summed E-state index contributed by atoms with van der Waals surface area (Å²) >= 11 is 0. The molecule has 0 spiro atoms. The number of carbonyl (C=O) groups excluding carboxylic acids is 1.